The van der Waals surface area contributed by atoms with E-state index in [-0.39, 0.29) is 18.0 Å². The fourth-order valence-electron chi connectivity index (χ4n) is 1.84. The van der Waals surface area contributed by atoms with Gasteiger partial charge < -0.3 is 9.47 Å². The summed E-state index contributed by atoms with van der Waals surface area (Å²) < 4.78 is 10.0. The number of rotatable bonds is 3. The molecule has 0 N–H and O–H groups in total. The summed E-state index contributed by atoms with van der Waals surface area (Å²) in [5, 5.41) is 0. The largest absolute Gasteiger partial charge is 0.463 e. The third-order valence-corrected chi connectivity index (χ3v) is 2.49. The average molecular weight is 226 g/mol. The van der Waals surface area contributed by atoms with Crippen molar-refractivity contribution in [2.45, 2.75) is 45.6 Å². The van der Waals surface area contributed by atoms with Gasteiger partial charge in [0.05, 0.1) is 6.61 Å². The molecule has 0 bridgehead atoms. The van der Waals surface area contributed by atoms with E-state index in [4.69, 9.17) is 9.47 Å². The number of hydrogen-bond acceptors (Lipinski definition) is 4. The molecule has 0 aromatic heterocycles. The van der Waals surface area contributed by atoms with E-state index >= 15 is 0 Å². The van der Waals surface area contributed by atoms with Gasteiger partial charge in [0, 0.05) is 13.0 Å². The zero-order valence-electron chi connectivity index (χ0n) is 9.82. The summed E-state index contributed by atoms with van der Waals surface area (Å²) in [4.78, 5) is 22.2. The molecule has 0 aliphatic heterocycles. The van der Waals surface area contributed by atoms with Crippen molar-refractivity contribution in [1.82, 2.24) is 0 Å². The molecule has 1 fully saturated rings. The standard InChI is InChI=1S/C12H18O4/c1-3-15-12(14)8-10-6-4-5-7-11(10)16-9(2)13/h8,11H,3-7H2,1-2H3. The lowest BCUT2D eigenvalue weighted by molar-refractivity contribution is -0.146. The molecule has 1 unspecified atom stereocenters. The molecule has 4 heteroatoms. The van der Waals surface area contributed by atoms with Crippen molar-refractivity contribution >= 4 is 11.9 Å². The van der Waals surface area contributed by atoms with Crippen molar-refractivity contribution in [1.29, 1.82) is 0 Å². The molecule has 90 valence electrons. The second-order valence-corrected chi connectivity index (χ2v) is 3.82. The van der Waals surface area contributed by atoms with Crippen LogP contribution < -0.4 is 0 Å². The highest BCUT2D eigenvalue weighted by atomic mass is 16.5. The van der Waals surface area contributed by atoms with E-state index in [1.54, 1.807) is 6.92 Å². The van der Waals surface area contributed by atoms with Crippen LogP contribution in [0.1, 0.15) is 39.5 Å². The minimum atomic E-state index is -0.350. The normalized spacial score (nSPS) is 22.9. The molecule has 1 rings (SSSR count). The van der Waals surface area contributed by atoms with Gasteiger partial charge in [-0.15, -0.1) is 0 Å². The van der Waals surface area contributed by atoms with Crippen LogP contribution in [0.5, 0.6) is 0 Å². The SMILES string of the molecule is CCOC(=O)C=C1CCCCC1OC(C)=O. The molecule has 0 aromatic rings. The molecule has 1 aliphatic rings. The van der Waals surface area contributed by atoms with Crippen molar-refractivity contribution in [3.05, 3.63) is 11.6 Å². The van der Waals surface area contributed by atoms with E-state index in [9.17, 15) is 9.59 Å². The summed E-state index contributed by atoms with van der Waals surface area (Å²) in [6.07, 6.45) is 4.88. The lowest BCUT2D eigenvalue weighted by Gasteiger charge is -2.24. The van der Waals surface area contributed by atoms with Gasteiger partial charge in [0.15, 0.2) is 0 Å². The topological polar surface area (TPSA) is 52.6 Å². The van der Waals surface area contributed by atoms with Gasteiger partial charge in [0.25, 0.3) is 0 Å². The summed E-state index contributed by atoms with van der Waals surface area (Å²) in [7, 11) is 0. The first-order chi connectivity index (χ1) is 7.63. The van der Waals surface area contributed by atoms with Crippen molar-refractivity contribution in [2.75, 3.05) is 6.61 Å². The third kappa shape index (κ3) is 4.04. The van der Waals surface area contributed by atoms with E-state index in [1.165, 1.54) is 13.0 Å². The van der Waals surface area contributed by atoms with Gasteiger partial charge in [-0.3, -0.25) is 4.79 Å². The Bertz CT molecular complexity index is 293. The number of ether oxygens (including phenoxy) is 2. The minimum Gasteiger partial charge on any atom is -0.463 e. The van der Waals surface area contributed by atoms with E-state index in [0.29, 0.717) is 6.61 Å². The highest BCUT2D eigenvalue weighted by Crippen LogP contribution is 2.26. The van der Waals surface area contributed by atoms with Crippen molar-refractivity contribution in [2.24, 2.45) is 0 Å². The van der Waals surface area contributed by atoms with Crippen LogP contribution in [0.2, 0.25) is 0 Å². The summed E-state index contributed by atoms with van der Waals surface area (Å²) in [5.74, 6) is -0.654. The van der Waals surface area contributed by atoms with Crippen LogP contribution in [0, 0.1) is 0 Å². The van der Waals surface area contributed by atoms with Gasteiger partial charge in [-0.1, -0.05) is 0 Å². The second-order valence-electron chi connectivity index (χ2n) is 3.82. The predicted octanol–water partition coefficient (Wildman–Crippen LogP) is 1.98. The Hall–Kier alpha value is -1.32. The molecule has 0 saturated heterocycles. The summed E-state index contributed by atoms with van der Waals surface area (Å²) in [5.41, 5.74) is 0.875. The van der Waals surface area contributed by atoms with E-state index in [0.717, 1.165) is 31.3 Å². The Labute approximate surface area is 95.6 Å². The summed E-state index contributed by atoms with van der Waals surface area (Å²) in [6.45, 7) is 3.51. The highest BCUT2D eigenvalue weighted by Gasteiger charge is 2.22. The van der Waals surface area contributed by atoms with Crippen molar-refractivity contribution < 1.29 is 19.1 Å². The molecule has 0 aromatic carbocycles. The molecule has 4 nitrogen and oxygen atoms in total. The van der Waals surface area contributed by atoms with Crippen LogP contribution in [0.4, 0.5) is 0 Å². The second kappa shape index (κ2) is 6.30. The van der Waals surface area contributed by atoms with Crippen molar-refractivity contribution in [3.8, 4) is 0 Å². The Kier molecular flexibility index (Phi) is 5.02. The van der Waals surface area contributed by atoms with Crippen LogP contribution in [0.15, 0.2) is 11.6 Å². The zero-order valence-corrected chi connectivity index (χ0v) is 9.82. The fourth-order valence-corrected chi connectivity index (χ4v) is 1.84. The lowest BCUT2D eigenvalue weighted by atomic mass is 9.91. The Morgan fingerprint density at radius 1 is 1.44 bits per heavy atom. The summed E-state index contributed by atoms with van der Waals surface area (Å²) in [6, 6.07) is 0. The monoisotopic (exact) mass is 226 g/mol. The van der Waals surface area contributed by atoms with E-state index in [1.807, 2.05) is 0 Å². The Morgan fingerprint density at radius 2 is 2.19 bits per heavy atom. The molecule has 1 atom stereocenters. The zero-order chi connectivity index (χ0) is 12.0. The number of hydrogen-bond donors (Lipinski definition) is 0. The number of carbonyl (C=O) groups excluding carboxylic acids is 2. The van der Waals surface area contributed by atoms with E-state index in [2.05, 4.69) is 0 Å². The molecule has 0 heterocycles. The molecule has 16 heavy (non-hydrogen) atoms. The maximum Gasteiger partial charge on any atom is 0.330 e. The molecule has 0 spiro atoms. The predicted molar refractivity (Wildman–Crippen MR) is 58.7 cm³/mol. The van der Waals surface area contributed by atoms with Gasteiger partial charge in [-0.2, -0.15) is 0 Å². The quantitative estimate of drug-likeness (QED) is 0.545. The first kappa shape index (κ1) is 12.7. The smallest absolute Gasteiger partial charge is 0.330 e. The van der Waals surface area contributed by atoms with E-state index < -0.39 is 0 Å². The minimum absolute atomic E-state index is 0.240. The number of esters is 2. The molecular formula is C12H18O4. The maximum atomic E-state index is 11.3. The molecule has 1 saturated carbocycles. The van der Waals surface area contributed by atoms with Crippen LogP contribution in [0.25, 0.3) is 0 Å². The van der Waals surface area contributed by atoms with Crippen molar-refractivity contribution in [3.63, 3.8) is 0 Å². The Morgan fingerprint density at radius 3 is 2.81 bits per heavy atom. The highest BCUT2D eigenvalue weighted by molar-refractivity contribution is 5.83. The van der Waals surface area contributed by atoms with Gasteiger partial charge in [-0.25, -0.2) is 4.79 Å². The average Bonchev–Trinajstić information content (AvgIpc) is 2.20. The van der Waals surface area contributed by atoms with Crippen LogP contribution in [-0.4, -0.2) is 24.6 Å². The van der Waals surface area contributed by atoms with Crippen LogP contribution in [-0.2, 0) is 19.1 Å². The summed E-state index contributed by atoms with van der Waals surface area (Å²) >= 11 is 0. The third-order valence-electron chi connectivity index (χ3n) is 2.49. The first-order valence-electron chi connectivity index (χ1n) is 5.68. The lowest BCUT2D eigenvalue weighted by Crippen LogP contribution is -2.23. The van der Waals surface area contributed by atoms with Gasteiger partial charge >= 0.3 is 11.9 Å². The molecule has 0 amide bonds. The van der Waals surface area contributed by atoms with Gasteiger partial charge in [0.2, 0.25) is 0 Å². The van der Waals surface area contributed by atoms with Crippen LogP contribution in [0.3, 0.4) is 0 Å². The fraction of sp³-hybridized carbons (Fsp3) is 0.667. The number of carbonyl (C=O) groups is 2. The molecular weight excluding hydrogens is 208 g/mol. The molecule has 0 radical (unpaired) electrons. The van der Waals surface area contributed by atoms with Gasteiger partial charge in [0.1, 0.15) is 6.10 Å². The van der Waals surface area contributed by atoms with Gasteiger partial charge in [-0.05, 0) is 38.2 Å². The first-order valence-corrected chi connectivity index (χ1v) is 5.68. The van der Waals surface area contributed by atoms with Crippen LogP contribution >= 0.6 is 0 Å². The Balaban J connectivity index is 2.65. The molecule has 1 aliphatic carbocycles. The maximum absolute atomic E-state index is 11.3.